The van der Waals surface area contributed by atoms with Gasteiger partial charge in [0, 0.05) is 22.9 Å². The number of anilines is 2. The van der Waals surface area contributed by atoms with Crippen molar-refractivity contribution in [1.29, 1.82) is 0 Å². The summed E-state index contributed by atoms with van der Waals surface area (Å²) in [5.41, 5.74) is 1.21. The van der Waals surface area contributed by atoms with Gasteiger partial charge in [-0.25, -0.2) is 4.98 Å². The second-order valence-corrected chi connectivity index (χ2v) is 5.13. The van der Waals surface area contributed by atoms with Crippen LogP contribution in [0.15, 0.2) is 42.6 Å². The number of carbonyl (C=O) groups excluding carboxylic acids is 1. The Balaban J connectivity index is 2.03. The van der Waals surface area contributed by atoms with Crippen molar-refractivity contribution >= 4 is 29.0 Å². The number of benzene rings is 1. The Bertz CT molecular complexity index is 579. The summed E-state index contributed by atoms with van der Waals surface area (Å²) < 4.78 is 0. The van der Waals surface area contributed by atoms with Crippen molar-refractivity contribution in [3.63, 3.8) is 0 Å². The summed E-state index contributed by atoms with van der Waals surface area (Å²) in [4.78, 5) is 16.2. The number of amides is 1. The van der Waals surface area contributed by atoms with Gasteiger partial charge in [0.15, 0.2) is 0 Å². The van der Waals surface area contributed by atoms with Crippen LogP contribution < -0.4 is 10.6 Å². The molecule has 5 heteroatoms. The van der Waals surface area contributed by atoms with Crippen LogP contribution in [-0.4, -0.2) is 16.9 Å². The van der Waals surface area contributed by atoms with E-state index in [9.17, 15) is 4.79 Å². The highest BCUT2D eigenvalue weighted by atomic mass is 35.5. The first-order chi connectivity index (χ1) is 9.54. The fraction of sp³-hybridized carbons (Fsp3) is 0.200. The topological polar surface area (TPSA) is 54.0 Å². The third-order valence-electron chi connectivity index (χ3n) is 2.56. The number of halogens is 1. The molecule has 0 aliphatic rings. The van der Waals surface area contributed by atoms with Crippen LogP contribution in [0.5, 0.6) is 0 Å². The maximum atomic E-state index is 12.0. The highest BCUT2D eigenvalue weighted by Crippen LogP contribution is 2.15. The predicted molar refractivity (Wildman–Crippen MR) is 82.4 cm³/mol. The van der Waals surface area contributed by atoms with Crippen molar-refractivity contribution in [3.8, 4) is 0 Å². The quantitative estimate of drug-likeness (QED) is 0.900. The molecule has 0 saturated heterocycles. The number of carbonyl (C=O) groups is 1. The molecule has 0 fully saturated rings. The van der Waals surface area contributed by atoms with Gasteiger partial charge in [-0.15, -0.1) is 0 Å². The first-order valence-electron chi connectivity index (χ1n) is 6.34. The summed E-state index contributed by atoms with van der Waals surface area (Å²) in [5.74, 6) is 0.555. The van der Waals surface area contributed by atoms with E-state index in [1.54, 1.807) is 42.6 Å². The molecule has 0 radical (unpaired) electrons. The maximum Gasteiger partial charge on any atom is 0.257 e. The Labute approximate surface area is 123 Å². The van der Waals surface area contributed by atoms with Crippen LogP contribution in [0.3, 0.4) is 0 Å². The van der Waals surface area contributed by atoms with E-state index in [-0.39, 0.29) is 5.91 Å². The minimum atomic E-state index is -0.198. The van der Waals surface area contributed by atoms with E-state index in [0.717, 1.165) is 5.82 Å². The molecule has 2 N–H and O–H groups in total. The number of pyridine rings is 1. The average molecular weight is 290 g/mol. The van der Waals surface area contributed by atoms with E-state index >= 15 is 0 Å². The molecule has 1 aromatic carbocycles. The molecule has 0 atom stereocenters. The number of rotatable bonds is 4. The molecule has 0 unspecified atom stereocenters. The molecule has 1 amide bonds. The van der Waals surface area contributed by atoms with Crippen molar-refractivity contribution in [2.45, 2.75) is 19.9 Å². The SMILES string of the molecule is CC(C)Nc1ccc(C(=O)Nc2ccc(Cl)cc2)cn1. The van der Waals surface area contributed by atoms with Crippen LogP contribution in [-0.2, 0) is 0 Å². The summed E-state index contributed by atoms with van der Waals surface area (Å²) in [6.07, 6.45) is 1.55. The van der Waals surface area contributed by atoms with Crippen LogP contribution in [0.2, 0.25) is 5.02 Å². The minimum Gasteiger partial charge on any atom is -0.368 e. The van der Waals surface area contributed by atoms with Gasteiger partial charge in [-0.2, -0.15) is 0 Å². The zero-order valence-electron chi connectivity index (χ0n) is 11.4. The lowest BCUT2D eigenvalue weighted by Gasteiger charge is -2.09. The van der Waals surface area contributed by atoms with E-state index < -0.39 is 0 Å². The van der Waals surface area contributed by atoms with Gasteiger partial charge in [-0.05, 0) is 50.2 Å². The zero-order chi connectivity index (χ0) is 14.5. The van der Waals surface area contributed by atoms with E-state index in [2.05, 4.69) is 15.6 Å². The van der Waals surface area contributed by atoms with Crippen molar-refractivity contribution in [2.75, 3.05) is 10.6 Å². The second kappa shape index (κ2) is 6.39. The second-order valence-electron chi connectivity index (χ2n) is 4.69. The Kier molecular flexibility index (Phi) is 4.58. The fourth-order valence-electron chi connectivity index (χ4n) is 1.65. The summed E-state index contributed by atoms with van der Waals surface area (Å²) in [7, 11) is 0. The van der Waals surface area contributed by atoms with Gasteiger partial charge in [0.1, 0.15) is 5.82 Å². The van der Waals surface area contributed by atoms with E-state index in [1.807, 2.05) is 13.8 Å². The van der Waals surface area contributed by atoms with Crippen molar-refractivity contribution in [2.24, 2.45) is 0 Å². The molecule has 0 saturated carbocycles. The highest BCUT2D eigenvalue weighted by molar-refractivity contribution is 6.30. The third kappa shape index (κ3) is 3.96. The molecular weight excluding hydrogens is 274 g/mol. The van der Waals surface area contributed by atoms with Crippen LogP contribution in [0.4, 0.5) is 11.5 Å². The minimum absolute atomic E-state index is 0.198. The predicted octanol–water partition coefficient (Wildman–Crippen LogP) is 3.81. The molecular formula is C15H16ClN3O. The van der Waals surface area contributed by atoms with Gasteiger partial charge < -0.3 is 10.6 Å². The van der Waals surface area contributed by atoms with Crippen LogP contribution in [0, 0.1) is 0 Å². The molecule has 4 nitrogen and oxygen atoms in total. The summed E-state index contributed by atoms with van der Waals surface area (Å²) >= 11 is 5.79. The molecule has 1 aromatic heterocycles. The van der Waals surface area contributed by atoms with Crippen molar-refractivity contribution in [1.82, 2.24) is 4.98 Å². The number of nitrogens with zero attached hydrogens (tertiary/aromatic N) is 1. The highest BCUT2D eigenvalue weighted by Gasteiger charge is 2.07. The van der Waals surface area contributed by atoms with Crippen LogP contribution >= 0.6 is 11.6 Å². The van der Waals surface area contributed by atoms with Crippen LogP contribution in [0.25, 0.3) is 0 Å². The van der Waals surface area contributed by atoms with Gasteiger partial charge in [-0.3, -0.25) is 4.79 Å². The summed E-state index contributed by atoms with van der Waals surface area (Å²) in [6, 6.07) is 10.8. The van der Waals surface area contributed by atoms with Crippen molar-refractivity contribution < 1.29 is 4.79 Å². The molecule has 1 heterocycles. The largest absolute Gasteiger partial charge is 0.368 e. The molecule has 0 aliphatic heterocycles. The van der Waals surface area contributed by atoms with Gasteiger partial charge >= 0.3 is 0 Å². The maximum absolute atomic E-state index is 12.0. The first-order valence-corrected chi connectivity index (χ1v) is 6.72. The third-order valence-corrected chi connectivity index (χ3v) is 2.82. The first kappa shape index (κ1) is 14.3. The van der Waals surface area contributed by atoms with Gasteiger partial charge in [0.25, 0.3) is 5.91 Å². The number of aromatic nitrogens is 1. The Hall–Kier alpha value is -2.07. The summed E-state index contributed by atoms with van der Waals surface area (Å²) in [6.45, 7) is 4.06. The molecule has 2 aromatic rings. The zero-order valence-corrected chi connectivity index (χ0v) is 12.1. The number of hydrogen-bond acceptors (Lipinski definition) is 3. The van der Waals surface area contributed by atoms with Crippen LogP contribution in [0.1, 0.15) is 24.2 Å². The molecule has 0 aliphatic carbocycles. The van der Waals surface area contributed by atoms with Crippen molar-refractivity contribution in [3.05, 3.63) is 53.2 Å². The van der Waals surface area contributed by atoms with Gasteiger partial charge in [-0.1, -0.05) is 11.6 Å². The monoisotopic (exact) mass is 289 g/mol. The molecule has 20 heavy (non-hydrogen) atoms. The Morgan fingerprint density at radius 3 is 2.40 bits per heavy atom. The molecule has 2 rings (SSSR count). The Morgan fingerprint density at radius 2 is 1.85 bits per heavy atom. The standard InChI is InChI=1S/C15H16ClN3O/c1-10(2)18-14-8-3-11(9-17-14)15(20)19-13-6-4-12(16)5-7-13/h3-10H,1-2H3,(H,17,18)(H,19,20). The van der Waals surface area contributed by atoms with E-state index in [1.165, 1.54) is 0 Å². The molecule has 0 spiro atoms. The lowest BCUT2D eigenvalue weighted by Crippen LogP contribution is -2.14. The number of nitrogens with one attached hydrogen (secondary N) is 2. The van der Waals surface area contributed by atoms with E-state index in [0.29, 0.717) is 22.3 Å². The normalized spacial score (nSPS) is 10.4. The average Bonchev–Trinajstić information content (AvgIpc) is 2.41. The number of hydrogen-bond donors (Lipinski definition) is 2. The Morgan fingerprint density at radius 1 is 1.15 bits per heavy atom. The smallest absolute Gasteiger partial charge is 0.257 e. The fourth-order valence-corrected chi connectivity index (χ4v) is 1.77. The molecule has 0 bridgehead atoms. The summed E-state index contributed by atoms with van der Waals surface area (Å²) in [5, 5.41) is 6.59. The molecule has 104 valence electrons. The van der Waals surface area contributed by atoms with Gasteiger partial charge in [0.2, 0.25) is 0 Å². The van der Waals surface area contributed by atoms with E-state index in [4.69, 9.17) is 11.6 Å². The van der Waals surface area contributed by atoms with Gasteiger partial charge in [0.05, 0.1) is 5.56 Å². The lowest BCUT2D eigenvalue weighted by atomic mass is 10.2. The lowest BCUT2D eigenvalue weighted by molar-refractivity contribution is 0.102.